The molecule has 3 saturated carbocycles. The largest absolute Gasteiger partial charge is 0.465 e. The van der Waals surface area contributed by atoms with Crippen LogP contribution in [0.15, 0.2) is 0 Å². The molecule has 3 fully saturated rings. The summed E-state index contributed by atoms with van der Waals surface area (Å²) in [6.45, 7) is 24.5. The Morgan fingerprint density at radius 3 is 1.26 bits per heavy atom. The van der Waals surface area contributed by atoms with E-state index in [1.807, 2.05) is 0 Å². The Labute approximate surface area is 285 Å². The smallest absolute Gasteiger partial charge is 0.309 e. The van der Waals surface area contributed by atoms with Gasteiger partial charge in [-0.15, -0.1) is 0 Å². The number of hydrogen-bond acceptors (Lipinski definition) is 4. The van der Waals surface area contributed by atoms with Crippen LogP contribution in [0.4, 0.5) is 0 Å². The molecular weight excluding hydrogens is 568 g/mol. The predicted octanol–water partition coefficient (Wildman–Crippen LogP) is 11.7. The van der Waals surface area contributed by atoms with E-state index in [0.717, 1.165) is 50.4 Å². The minimum Gasteiger partial charge on any atom is -0.465 e. The topological polar surface area (TPSA) is 52.6 Å². The number of esters is 2. The van der Waals surface area contributed by atoms with Crippen LogP contribution in [0.3, 0.4) is 0 Å². The van der Waals surface area contributed by atoms with Crippen molar-refractivity contribution in [2.45, 2.75) is 172 Å². The normalized spacial score (nSPS) is 31.2. The van der Waals surface area contributed by atoms with Gasteiger partial charge in [-0.1, -0.05) is 108 Å². The second kappa shape index (κ2) is 18.1. The minimum absolute atomic E-state index is 0.140. The number of carbonyl (C=O) groups excluding carboxylic acids is 2. The molecule has 0 aliphatic heterocycles. The Bertz CT molecular complexity index is 834. The maximum atomic E-state index is 13.6. The van der Waals surface area contributed by atoms with Crippen LogP contribution in [0, 0.1) is 70.0 Å². The van der Waals surface area contributed by atoms with Crippen LogP contribution in [0.1, 0.15) is 172 Å². The summed E-state index contributed by atoms with van der Waals surface area (Å²) in [5.41, 5.74) is 0.721. The Morgan fingerprint density at radius 2 is 0.935 bits per heavy atom. The molecule has 3 aliphatic rings. The average molecular weight is 645 g/mol. The lowest BCUT2D eigenvalue weighted by molar-refractivity contribution is -0.165. The fourth-order valence-corrected chi connectivity index (χ4v) is 9.16. The maximum Gasteiger partial charge on any atom is 0.309 e. The first-order valence-electron chi connectivity index (χ1n) is 19.9. The number of carbonyl (C=O) groups is 2. The quantitative estimate of drug-likeness (QED) is 0.177. The van der Waals surface area contributed by atoms with Crippen molar-refractivity contribution in [3.63, 3.8) is 0 Å². The Balaban J connectivity index is 1.56. The molecule has 0 heterocycles. The molecule has 268 valence electrons. The van der Waals surface area contributed by atoms with Crippen molar-refractivity contribution in [2.24, 2.45) is 70.0 Å². The Morgan fingerprint density at radius 1 is 0.565 bits per heavy atom. The summed E-state index contributed by atoms with van der Waals surface area (Å²) in [4.78, 5) is 27.2. The van der Waals surface area contributed by atoms with E-state index >= 15 is 0 Å². The molecule has 0 aromatic heterocycles. The van der Waals surface area contributed by atoms with Crippen LogP contribution in [0.2, 0.25) is 0 Å². The number of hydrogen-bond donors (Lipinski definition) is 0. The summed E-state index contributed by atoms with van der Waals surface area (Å²) in [6.07, 6.45) is 18.3. The van der Waals surface area contributed by atoms with Crippen molar-refractivity contribution in [3.8, 4) is 0 Å². The first kappa shape index (κ1) is 39.4. The number of ether oxygens (including phenoxy) is 2. The van der Waals surface area contributed by atoms with Crippen LogP contribution in [-0.4, -0.2) is 25.2 Å². The van der Waals surface area contributed by atoms with E-state index in [2.05, 4.69) is 69.2 Å². The van der Waals surface area contributed by atoms with Crippen molar-refractivity contribution in [1.82, 2.24) is 0 Å². The maximum absolute atomic E-state index is 13.6. The highest BCUT2D eigenvalue weighted by Crippen LogP contribution is 2.43. The van der Waals surface area contributed by atoms with Crippen LogP contribution in [0.5, 0.6) is 0 Å². The van der Waals surface area contributed by atoms with E-state index in [1.54, 1.807) is 0 Å². The lowest BCUT2D eigenvalue weighted by atomic mass is 9.69. The van der Waals surface area contributed by atoms with Gasteiger partial charge in [0.15, 0.2) is 0 Å². The molecule has 0 amide bonds. The molecule has 4 heteroatoms. The molecule has 0 aromatic rings. The summed E-state index contributed by atoms with van der Waals surface area (Å²) in [5, 5.41) is 0. The summed E-state index contributed by atoms with van der Waals surface area (Å²) < 4.78 is 12.3. The monoisotopic (exact) mass is 645 g/mol. The van der Waals surface area contributed by atoms with Gasteiger partial charge in [0.05, 0.1) is 25.0 Å². The van der Waals surface area contributed by atoms with E-state index in [9.17, 15) is 9.59 Å². The fraction of sp³-hybridized carbons (Fsp3) is 0.952. The summed E-state index contributed by atoms with van der Waals surface area (Å²) in [7, 11) is 0. The molecule has 46 heavy (non-hydrogen) atoms. The first-order valence-corrected chi connectivity index (χ1v) is 19.9. The molecule has 8 unspecified atom stereocenters. The minimum atomic E-state index is -0.341. The SMILES string of the molecule is CC(C)C1CCC(COC(=O)C2CCCCC2C(=O)OCC2CCC(C(C)C)CC2CCCC(C)(C)C)C(CCCC(C)(C)C)C1. The van der Waals surface area contributed by atoms with E-state index in [4.69, 9.17) is 9.47 Å². The second-order valence-corrected chi connectivity index (χ2v) is 19.3. The third-order valence-corrected chi connectivity index (χ3v) is 12.5. The van der Waals surface area contributed by atoms with Gasteiger partial charge in [0.1, 0.15) is 0 Å². The van der Waals surface area contributed by atoms with Crippen molar-refractivity contribution >= 4 is 11.9 Å². The zero-order valence-corrected chi connectivity index (χ0v) is 32.1. The van der Waals surface area contributed by atoms with Crippen LogP contribution >= 0.6 is 0 Å². The van der Waals surface area contributed by atoms with E-state index in [1.165, 1.54) is 64.2 Å². The van der Waals surface area contributed by atoms with E-state index in [-0.39, 0.29) is 23.8 Å². The second-order valence-electron chi connectivity index (χ2n) is 19.3. The molecule has 0 saturated heterocycles. The highest BCUT2D eigenvalue weighted by Gasteiger charge is 2.40. The van der Waals surface area contributed by atoms with Gasteiger partial charge < -0.3 is 9.47 Å². The van der Waals surface area contributed by atoms with E-state index in [0.29, 0.717) is 59.6 Å². The lowest BCUT2D eigenvalue weighted by Crippen LogP contribution is -2.38. The first-order chi connectivity index (χ1) is 21.5. The van der Waals surface area contributed by atoms with Gasteiger partial charge in [-0.05, 0) is 122 Å². The third kappa shape index (κ3) is 13.1. The molecule has 3 aliphatic carbocycles. The van der Waals surface area contributed by atoms with Gasteiger partial charge in [-0.25, -0.2) is 0 Å². The molecule has 0 N–H and O–H groups in total. The van der Waals surface area contributed by atoms with Crippen molar-refractivity contribution in [3.05, 3.63) is 0 Å². The highest BCUT2D eigenvalue weighted by atomic mass is 16.5. The zero-order chi connectivity index (χ0) is 34.1. The number of rotatable bonds is 14. The Kier molecular flexibility index (Phi) is 15.5. The van der Waals surface area contributed by atoms with Crippen LogP contribution < -0.4 is 0 Å². The van der Waals surface area contributed by atoms with Gasteiger partial charge in [0.2, 0.25) is 0 Å². The van der Waals surface area contributed by atoms with Crippen LogP contribution in [0.25, 0.3) is 0 Å². The van der Waals surface area contributed by atoms with Gasteiger partial charge in [-0.2, -0.15) is 0 Å². The fourth-order valence-electron chi connectivity index (χ4n) is 9.16. The molecule has 0 radical (unpaired) electrons. The Hall–Kier alpha value is -1.06. The summed E-state index contributed by atoms with van der Waals surface area (Å²) in [5.74, 6) is 4.18. The molecule has 0 bridgehead atoms. The molecule has 0 spiro atoms. The van der Waals surface area contributed by atoms with Gasteiger partial charge >= 0.3 is 11.9 Å². The molecule has 3 rings (SSSR count). The molecule has 4 nitrogen and oxygen atoms in total. The van der Waals surface area contributed by atoms with E-state index < -0.39 is 0 Å². The van der Waals surface area contributed by atoms with Crippen molar-refractivity contribution in [1.29, 1.82) is 0 Å². The summed E-state index contributed by atoms with van der Waals surface area (Å²) in [6, 6.07) is 0. The summed E-state index contributed by atoms with van der Waals surface area (Å²) >= 11 is 0. The highest BCUT2D eigenvalue weighted by molar-refractivity contribution is 5.82. The van der Waals surface area contributed by atoms with Gasteiger partial charge in [0.25, 0.3) is 0 Å². The molecular formula is C42H76O4. The molecule has 0 aromatic carbocycles. The van der Waals surface area contributed by atoms with Gasteiger partial charge in [0, 0.05) is 0 Å². The van der Waals surface area contributed by atoms with Crippen LogP contribution in [-0.2, 0) is 19.1 Å². The van der Waals surface area contributed by atoms with Gasteiger partial charge in [-0.3, -0.25) is 9.59 Å². The molecule has 8 atom stereocenters. The lowest BCUT2D eigenvalue weighted by Gasteiger charge is -2.39. The third-order valence-electron chi connectivity index (χ3n) is 12.5. The average Bonchev–Trinajstić information content (AvgIpc) is 2.97. The predicted molar refractivity (Wildman–Crippen MR) is 192 cm³/mol. The van der Waals surface area contributed by atoms with Crippen molar-refractivity contribution < 1.29 is 19.1 Å². The zero-order valence-electron chi connectivity index (χ0n) is 32.1. The van der Waals surface area contributed by atoms with Crippen molar-refractivity contribution in [2.75, 3.05) is 13.2 Å². The standard InChI is InChI=1S/C42H76O4/c1-29(2)31-19-21-35(33(25-31)15-13-23-41(5,6)7)27-45-39(43)37-17-11-12-18-38(37)40(44)46-28-36-22-20-32(30(3)4)26-34(36)16-14-24-42(8,9)10/h29-38H,11-28H2,1-10H3.